The van der Waals surface area contributed by atoms with E-state index in [1.807, 2.05) is 36.4 Å². The average Bonchev–Trinajstić information content (AvgIpc) is 3.50. The predicted molar refractivity (Wildman–Crippen MR) is 123 cm³/mol. The Morgan fingerprint density at radius 3 is 2.85 bits per heavy atom. The highest BCUT2D eigenvalue weighted by Crippen LogP contribution is 2.47. The number of hydrogen-bond acceptors (Lipinski definition) is 6. The second-order valence-electron chi connectivity index (χ2n) is 8.20. The van der Waals surface area contributed by atoms with Gasteiger partial charge < -0.3 is 24.8 Å². The zero-order chi connectivity index (χ0) is 22.5. The third-order valence-corrected chi connectivity index (χ3v) is 6.97. The number of aromatic carboxylic acids is 1. The zero-order valence-electron chi connectivity index (χ0n) is 17.5. The van der Waals surface area contributed by atoms with Crippen molar-refractivity contribution in [2.45, 2.75) is 41.8 Å². The van der Waals surface area contributed by atoms with Crippen LogP contribution in [0.4, 0.5) is 5.69 Å². The van der Waals surface area contributed by atoms with Crippen LogP contribution in [0, 0.1) is 0 Å². The van der Waals surface area contributed by atoms with Crippen molar-refractivity contribution in [1.29, 1.82) is 0 Å². The number of anilines is 1. The Balaban J connectivity index is 1.41. The molecule has 6 rings (SSSR count). The van der Waals surface area contributed by atoms with Gasteiger partial charge in [0.15, 0.2) is 16.0 Å². The first-order valence-corrected chi connectivity index (χ1v) is 11.6. The van der Waals surface area contributed by atoms with Crippen LogP contribution in [-0.4, -0.2) is 31.8 Å². The number of ketones is 1. The monoisotopic (exact) mass is 460 g/mol. The van der Waals surface area contributed by atoms with Crippen LogP contribution in [0.15, 0.2) is 68.5 Å². The van der Waals surface area contributed by atoms with Crippen molar-refractivity contribution in [3.8, 4) is 0 Å². The minimum atomic E-state index is -1.05. The van der Waals surface area contributed by atoms with Crippen LogP contribution in [0.3, 0.4) is 0 Å². The topological polar surface area (TPSA) is 124 Å². The molecule has 33 heavy (non-hydrogen) atoms. The van der Waals surface area contributed by atoms with Gasteiger partial charge in [-0.05, 0) is 55.3 Å². The Hall–Kier alpha value is -3.72. The SMILES string of the molecule is O=C1CCCCC2=C1C(c1ccc(Sc3nc4ccccc4[nH]3)o1)c1c[nH]c(C(=O)O)c1N2. The molecule has 4 heterocycles. The van der Waals surface area contributed by atoms with Gasteiger partial charge in [0, 0.05) is 29.5 Å². The van der Waals surface area contributed by atoms with Crippen molar-refractivity contribution < 1.29 is 19.1 Å². The fourth-order valence-electron chi connectivity index (χ4n) is 4.68. The Kier molecular flexibility index (Phi) is 4.65. The fraction of sp³-hybridized carbons (Fsp3) is 0.208. The van der Waals surface area contributed by atoms with E-state index in [0.29, 0.717) is 45.7 Å². The standard InChI is InChI=1S/C24H20N4O4S/c29-16-8-4-3-7-15-20(16)19(12-11-25-22(23(30)31)21(12)26-15)17-9-10-18(32-17)33-24-27-13-5-1-2-6-14(13)28-24/h1-2,5-6,9-11,19,25-26H,3-4,7-8H2,(H,27,28)(H,30,31). The number of nitrogens with zero attached hydrogens (tertiary/aromatic N) is 1. The van der Waals surface area contributed by atoms with Crippen LogP contribution >= 0.6 is 11.8 Å². The molecule has 1 atom stereocenters. The summed E-state index contributed by atoms with van der Waals surface area (Å²) in [5, 5.41) is 14.2. The van der Waals surface area contributed by atoms with E-state index in [0.717, 1.165) is 29.6 Å². The van der Waals surface area contributed by atoms with Crippen molar-refractivity contribution >= 4 is 40.2 Å². The first-order valence-electron chi connectivity index (χ1n) is 10.8. The molecule has 1 aliphatic carbocycles. The number of nitrogens with one attached hydrogen (secondary N) is 3. The highest BCUT2D eigenvalue weighted by atomic mass is 32.2. The van der Waals surface area contributed by atoms with Crippen molar-refractivity contribution in [2.24, 2.45) is 0 Å². The number of allylic oxidation sites excluding steroid dienone is 2. The van der Waals surface area contributed by atoms with Crippen LogP contribution in [0.1, 0.15) is 53.4 Å². The molecule has 1 aliphatic heterocycles. The van der Waals surface area contributed by atoms with E-state index in [2.05, 4.69) is 20.3 Å². The Bertz CT molecular complexity index is 1410. The van der Waals surface area contributed by atoms with Gasteiger partial charge in [-0.25, -0.2) is 9.78 Å². The van der Waals surface area contributed by atoms with Crippen LogP contribution in [0.2, 0.25) is 0 Å². The molecule has 3 aromatic heterocycles. The number of para-hydroxylation sites is 2. The maximum Gasteiger partial charge on any atom is 0.354 e. The molecule has 1 unspecified atom stereocenters. The molecule has 0 saturated carbocycles. The Labute approximate surface area is 192 Å². The number of fused-ring (bicyclic) bond motifs is 2. The largest absolute Gasteiger partial charge is 0.477 e. The van der Waals surface area contributed by atoms with Gasteiger partial charge in [-0.2, -0.15) is 0 Å². The highest BCUT2D eigenvalue weighted by Gasteiger charge is 2.38. The predicted octanol–water partition coefficient (Wildman–Crippen LogP) is 5.29. The summed E-state index contributed by atoms with van der Waals surface area (Å²) in [4.78, 5) is 35.6. The number of carbonyl (C=O) groups is 2. The molecule has 9 heteroatoms. The lowest BCUT2D eigenvalue weighted by Crippen LogP contribution is -2.22. The average molecular weight is 461 g/mol. The van der Waals surface area contributed by atoms with Gasteiger partial charge in [0.25, 0.3) is 0 Å². The number of imidazole rings is 1. The molecule has 4 N–H and O–H groups in total. The minimum absolute atomic E-state index is 0.0756. The molecule has 2 aliphatic rings. The number of carboxylic acid groups (broad SMARTS) is 1. The maximum atomic E-state index is 13.1. The van der Waals surface area contributed by atoms with Gasteiger partial charge in [0.1, 0.15) is 11.5 Å². The second kappa shape index (κ2) is 7.70. The molecule has 1 aromatic carbocycles. The summed E-state index contributed by atoms with van der Waals surface area (Å²) in [7, 11) is 0. The van der Waals surface area contributed by atoms with Gasteiger partial charge in [0.2, 0.25) is 0 Å². The van der Waals surface area contributed by atoms with Gasteiger partial charge in [0.05, 0.1) is 22.6 Å². The quantitative estimate of drug-likeness (QED) is 0.326. The summed E-state index contributed by atoms with van der Waals surface area (Å²) in [6.45, 7) is 0. The number of aromatic amines is 2. The number of aromatic nitrogens is 3. The molecule has 0 saturated heterocycles. The van der Waals surface area contributed by atoms with Crippen molar-refractivity contribution in [1.82, 2.24) is 15.0 Å². The molecule has 0 amide bonds. The molecule has 4 aromatic rings. The maximum absolute atomic E-state index is 13.1. The summed E-state index contributed by atoms with van der Waals surface area (Å²) >= 11 is 1.37. The molecule has 0 radical (unpaired) electrons. The molecular weight excluding hydrogens is 440 g/mol. The summed E-state index contributed by atoms with van der Waals surface area (Å²) in [5.41, 5.74) is 4.58. The van der Waals surface area contributed by atoms with E-state index in [4.69, 9.17) is 4.42 Å². The number of benzene rings is 1. The molecule has 8 nitrogen and oxygen atoms in total. The summed E-state index contributed by atoms with van der Waals surface area (Å²) in [5.74, 6) is -0.829. The van der Waals surface area contributed by atoms with Gasteiger partial charge >= 0.3 is 5.97 Å². The Morgan fingerprint density at radius 2 is 2.00 bits per heavy atom. The number of furan rings is 1. The first-order chi connectivity index (χ1) is 16.1. The molecule has 0 bridgehead atoms. The van der Waals surface area contributed by atoms with E-state index in [1.165, 1.54) is 11.8 Å². The molecular formula is C24H20N4O4S. The third kappa shape index (κ3) is 3.36. The summed E-state index contributed by atoms with van der Waals surface area (Å²) in [6.07, 6.45) is 4.52. The van der Waals surface area contributed by atoms with Crippen molar-refractivity contribution in [2.75, 3.05) is 5.32 Å². The number of carboxylic acids is 1. The van der Waals surface area contributed by atoms with Gasteiger partial charge in [-0.3, -0.25) is 4.79 Å². The third-order valence-electron chi connectivity index (χ3n) is 6.16. The van der Waals surface area contributed by atoms with Crippen LogP contribution < -0.4 is 5.32 Å². The molecule has 0 fully saturated rings. The van der Waals surface area contributed by atoms with Crippen LogP contribution in [0.5, 0.6) is 0 Å². The van der Waals surface area contributed by atoms with E-state index in [-0.39, 0.29) is 11.5 Å². The number of hydrogen-bond donors (Lipinski definition) is 4. The van der Waals surface area contributed by atoms with Crippen LogP contribution in [0.25, 0.3) is 11.0 Å². The lowest BCUT2D eigenvalue weighted by atomic mass is 9.82. The van der Waals surface area contributed by atoms with Gasteiger partial charge in [-0.15, -0.1) is 0 Å². The van der Waals surface area contributed by atoms with Crippen LogP contribution in [-0.2, 0) is 4.79 Å². The van der Waals surface area contributed by atoms with Crippen molar-refractivity contribution in [3.05, 3.63) is 70.9 Å². The zero-order valence-corrected chi connectivity index (χ0v) is 18.3. The Morgan fingerprint density at radius 1 is 1.15 bits per heavy atom. The van der Waals surface area contributed by atoms with Crippen molar-refractivity contribution in [3.63, 3.8) is 0 Å². The lowest BCUT2D eigenvalue weighted by Gasteiger charge is -2.27. The second-order valence-corrected chi connectivity index (χ2v) is 9.19. The normalized spacial score (nSPS) is 18.1. The highest BCUT2D eigenvalue weighted by molar-refractivity contribution is 7.99. The number of Topliss-reactive ketones (excluding diaryl/α,β-unsaturated/α-hetero) is 1. The minimum Gasteiger partial charge on any atom is -0.477 e. The summed E-state index contributed by atoms with van der Waals surface area (Å²) < 4.78 is 6.22. The van der Waals surface area contributed by atoms with E-state index in [1.54, 1.807) is 6.20 Å². The molecule has 166 valence electrons. The van der Waals surface area contributed by atoms with Gasteiger partial charge in [-0.1, -0.05) is 12.1 Å². The fourth-order valence-corrected chi connectivity index (χ4v) is 5.45. The first kappa shape index (κ1) is 19.9. The van der Waals surface area contributed by atoms with E-state index in [9.17, 15) is 14.7 Å². The van der Waals surface area contributed by atoms with E-state index < -0.39 is 11.9 Å². The number of H-pyrrole nitrogens is 2. The summed E-state index contributed by atoms with van der Waals surface area (Å²) in [6, 6.07) is 11.5. The number of rotatable bonds is 4. The smallest absolute Gasteiger partial charge is 0.354 e. The number of carbonyl (C=O) groups excluding carboxylic acids is 1. The lowest BCUT2D eigenvalue weighted by molar-refractivity contribution is -0.115. The van der Waals surface area contributed by atoms with E-state index >= 15 is 0 Å². The molecule has 0 spiro atoms.